The van der Waals surface area contributed by atoms with Crippen LogP contribution in [0, 0.1) is 0 Å². The van der Waals surface area contributed by atoms with Gasteiger partial charge in [-0.3, -0.25) is 4.99 Å². The van der Waals surface area contributed by atoms with Crippen LogP contribution in [-0.2, 0) is 10.0 Å². The third kappa shape index (κ3) is 4.20. The molecule has 0 fully saturated rings. The smallest absolute Gasteiger partial charge is 0.285 e. The lowest BCUT2D eigenvalue weighted by atomic mass is 10.2. The van der Waals surface area contributed by atoms with E-state index in [1.54, 1.807) is 0 Å². The summed E-state index contributed by atoms with van der Waals surface area (Å²) in [6.45, 7) is 0. The van der Waals surface area contributed by atoms with E-state index in [1.165, 1.54) is 48.7 Å². The highest BCUT2D eigenvalue weighted by atomic mass is 32.2. The zero-order valence-corrected chi connectivity index (χ0v) is 12.6. The van der Waals surface area contributed by atoms with Crippen LogP contribution in [0.15, 0.2) is 56.8 Å². The third-order valence-corrected chi connectivity index (χ3v) is 4.05. The molecule has 0 amide bonds. The second-order valence-electron chi connectivity index (χ2n) is 4.49. The van der Waals surface area contributed by atoms with E-state index in [9.17, 15) is 18.6 Å². The molecule has 0 atom stereocenters. The van der Waals surface area contributed by atoms with Crippen molar-refractivity contribution in [2.45, 2.75) is 4.90 Å². The van der Waals surface area contributed by atoms with E-state index in [4.69, 9.17) is 11.5 Å². The van der Waals surface area contributed by atoms with Crippen molar-refractivity contribution in [3.05, 3.63) is 48.0 Å². The number of hydrogen-bond acceptors (Lipinski definition) is 5. The minimum absolute atomic E-state index is 0.0612. The molecule has 0 saturated carbocycles. The van der Waals surface area contributed by atoms with Gasteiger partial charge in [0.05, 0.1) is 10.6 Å². The van der Waals surface area contributed by atoms with Crippen molar-refractivity contribution in [1.82, 2.24) is 0 Å². The molecule has 0 aliphatic heterocycles. The molecule has 0 spiro atoms. The number of hydrogen-bond donors (Lipinski definition) is 4. The summed E-state index contributed by atoms with van der Waals surface area (Å²) in [6, 6.07) is 9.63. The molecule has 6 N–H and O–H groups in total. The molecule has 9 heteroatoms. The number of nitrogens with zero attached hydrogens (tertiary/aromatic N) is 2. The molecule has 0 heterocycles. The predicted octanol–water partition coefficient (Wildman–Crippen LogP) is 0.810. The molecular formula is C14H14N4O4S. The molecule has 0 aliphatic rings. The number of aromatic hydroxyl groups is 2. The molecule has 0 bridgehead atoms. The number of phenolic OH excluding ortho intramolecular Hbond substituents is 2. The van der Waals surface area contributed by atoms with Crippen molar-refractivity contribution in [3.63, 3.8) is 0 Å². The minimum Gasteiger partial charge on any atom is -0.508 e. The summed E-state index contributed by atoms with van der Waals surface area (Å²) >= 11 is 0. The van der Waals surface area contributed by atoms with E-state index in [0.717, 1.165) is 0 Å². The topological polar surface area (TPSA) is 151 Å². The van der Waals surface area contributed by atoms with Gasteiger partial charge in [-0.1, -0.05) is 0 Å². The fraction of sp³-hybridized carbons (Fsp3) is 0. The number of phenols is 2. The summed E-state index contributed by atoms with van der Waals surface area (Å²) in [5.74, 6) is -0.732. The maximum absolute atomic E-state index is 11.8. The molecule has 0 saturated heterocycles. The van der Waals surface area contributed by atoms with Gasteiger partial charge in [0.1, 0.15) is 11.5 Å². The summed E-state index contributed by atoms with van der Waals surface area (Å²) in [4.78, 5) is 4.03. The lowest BCUT2D eigenvalue weighted by molar-refractivity contribution is 0.450. The van der Waals surface area contributed by atoms with Crippen molar-refractivity contribution in [3.8, 4) is 11.5 Å². The van der Waals surface area contributed by atoms with Crippen LogP contribution in [0.25, 0.3) is 0 Å². The van der Waals surface area contributed by atoms with Crippen molar-refractivity contribution in [1.29, 1.82) is 0 Å². The van der Waals surface area contributed by atoms with E-state index in [2.05, 4.69) is 9.39 Å². The van der Waals surface area contributed by atoms with Gasteiger partial charge in [0.25, 0.3) is 10.0 Å². The average molecular weight is 334 g/mol. The van der Waals surface area contributed by atoms with E-state index in [1.807, 2.05) is 0 Å². The highest BCUT2D eigenvalue weighted by Gasteiger charge is 2.12. The Morgan fingerprint density at radius 3 is 2.26 bits per heavy atom. The van der Waals surface area contributed by atoms with Crippen LogP contribution in [0.1, 0.15) is 5.56 Å². The molecule has 8 nitrogen and oxygen atoms in total. The molecule has 0 aromatic heterocycles. The fourth-order valence-corrected chi connectivity index (χ4v) is 2.54. The first-order valence-electron chi connectivity index (χ1n) is 6.30. The van der Waals surface area contributed by atoms with Crippen LogP contribution >= 0.6 is 0 Å². The van der Waals surface area contributed by atoms with Gasteiger partial charge in [0.15, 0.2) is 0 Å². The van der Waals surface area contributed by atoms with Crippen molar-refractivity contribution < 1.29 is 18.6 Å². The highest BCUT2D eigenvalue weighted by Crippen LogP contribution is 2.22. The third-order valence-electron chi connectivity index (χ3n) is 2.73. The van der Waals surface area contributed by atoms with E-state index in [0.29, 0.717) is 11.3 Å². The van der Waals surface area contributed by atoms with Gasteiger partial charge in [-0.2, -0.15) is 8.42 Å². The van der Waals surface area contributed by atoms with E-state index >= 15 is 0 Å². The van der Waals surface area contributed by atoms with E-state index < -0.39 is 16.0 Å². The van der Waals surface area contributed by atoms with Crippen LogP contribution in [0.4, 0.5) is 5.69 Å². The summed E-state index contributed by atoms with van der Waals surface area (Å²) < 4.78 is 26.7. The largest absolute Gasteiger partial charge is 0.508 e. The van der Waals surface area contributed by atoms with Crippen LogP contribution in [0.2, 0.25) is 0 Å². The second kappa shape index (κ2) is 6.36. The van der Waals surface area contributed by atoms with Gasteiger partial charge in [0, 0.05) is 17.8 Å². The van der Waals surface area contributed by atoms with E-state index in [-0.39, 0.29) is 16.4 Å². The molecule has 2 rings (SSSR count). The second-order valence-corrected chi connectivity index (χ2v) is 6.09. The number of nitrogens with two attached hydrogens (primary N) is 2. The van der Waals surface area contributed by atoms with Crippen LogP contribution in [0.3, 0.4) is 0 Å². The Morgan fingerprint density at radius 1 is 1.04 bits per heavy atom. The molecule has 2 aromatic carbocycles. The molecule has 0 unspecified atom stereocenters. The van der Waals surface area contributed by atoms with Crippen molar-refractivity contribution in [2.24, 2.45) is 20.9 Å². The summed E-state index contributed by atoms with van der Waals surface area (Å²) in [7, 11) is -3.94. The van der Waals surface area contributed by atoms with Crippen LogP contribution in [-0.4, -0.2) is 30.8 Å². The Labute approximate surface area is 132 Å². The molecular weight excluding hydrogens is 320 g/mol. The maximum Gasteiger partial charge on any atom is 0.285 e. The monoisotopic (exact) mass is 334 g/mol. The SMILES string of the molecule is NC(N)=NS(=O)(=O)c1ccc(N=Cc2ccc(O)cc2O)cc1. The Hall–Kier alpha value is -3.07. The number of guanidine groups is 1. The van der Waals surface area contributed by atoms with Crippen molar-refractivity contribution >= 4 is 27.9 Å². The lowest BCUT2D eigenvalue weighted by Crippen LogP contribution is -2.24. The summed E-state index contributed by atoms with van der Waals surface area (Å²) in [5.41, 5.74) is 11.0. The molecule has 23 heavy (non-hydrogen) atoms. The number of sulfonamides is 1. The zero-order valence-electron chi connectivity index (χ0n) is 11.8. The molecule has 0 aliphatic carbocycles. The van der Waals surface area contributed by atoms with Crippen LogP contribution < -0.4 is 11.5 Å². The van der Waals surface area contributed by atoms with Crippen LogP contribution in [0.5, 0.6) is 11.5 Å². The number of rotatable bonds is 4. The Morgan fingerprint density at radius 2 is 1.70 bits per heavy atom. The van der Waals surface area contributed by atoms with Gasteiger partial charge in [0.2, 0.25) is 5.96 Å². The fourth-order valence-electron chi connectivity index (χ4n) is 1.68. The molecule has 0 radical (unpaired) electrons. The first-order chi connectivity index (χ1) is 10.8. The van der Waals surface area contributed by atoms with Gasteiger partial charge in [-0.15, -0.1) is 4.40 Å². The summed E-state index contributed by atoms with van der Waals surface area (Å²) in [5, 5.41) is 18.8. The van der Waals surface area contributed by atoms with Gasteiger partial charge < -0.3 is 21.7 Å². The van der Waals surface area contributed by atoms with Gasteiger partial charge >= 0.3 is 0 Å². The standard InChI is InChI=1S/C14H14N4O4S/c15-14(16)18-23(21,22)12-5-2-10(3-6-12)17-8-9-1-4-11(19)7-13(9)20/h1-8,19-20H,(H4,15,16,18). The zero-order chi connectivity index (χ0) is 17.0. The summed E-state index contributed by atoms with van der Waals surface area (Å²) in [6.07, 6.45) is 1.38. The maximum atomic E-state index is 11.8. The highest BCUT2D eigenvalue weighted by molar-refractivity contribution is 7.90. The minimum atomic E-state index is -3.94. The first-order valence-corrected chi connectivity index (χ1v) is 7.74. The average Bonchev–Trinajstić information content (AvgIpc) is 2.45. The normalized spacial score (nSPS) is 11.5. The number of benzene rings is 2. The van der Waals surface area contributed by atoms with Crippen molar-refractivity contribution in [2.75, 3.05) is 0 Å². The van der Waals surface area contributed by atoms with Gasteiger partial charge in [-0.25, -0.2) is 0 Å². The first kappa shape index (κ1) is 16.3. The Balaban J connectivity index is 2.23. The Kier molecular flexibility index (Phi) is 4.51. The molecule has 2 aromatic rings. The number of aliphatic imine (C=N–C) groups is 1. The Bertz CT molecular complexity index is 870. The lowest BCUT2D eigenvalue weighted by Gasteiger charge is -2.01. The molecule has 120 valence electrons. The quantitative estimate of drug-likeness (QED) is 0.479. The van der Waals surface area contributed by atoms with Gasteiger partial charge in [-0.05, 0) is 36.4 Å². The predicted molar refractivity (Wildman–Crippen MR) is 86.5 cm³/mol.